The van der Waals surface area contributed by atoms with Gasteiger partial charge in [-0.15, -0.1) is 0 Å². The highest BCUT2D eigenvalue weighted by molar-refractivity contribution is 5.04. The number of aromatic nitrogens is 2. The zero-order valence-electron chi connectivity index (χ0n) is 6.33. The molecule has 12 heavy (non-hydrogen) atoms. The molecular weight excluding hydrogens is 160 g/mol. The molecule has 1 aliphatic rings. The number of hydrogen-bond donors (Lipinski definition) is 3. The highest BCUT2D eigenvalue weighted by Gasteiger charge is 2.33. The van der Waals surface area contributed by atoms with E-state index in [1.54, 1.807) is 10.8 Å². The third-order valence-corrected chi connectivity index (χ3v) is 2.11. The van der Waals surface area contributed by atoms with Gasteiger partial charge in [-0.3, -0.25) is 0 Å². The van der Waals surface area contributed by atoms with Crippen LogP contribution in [0, 0.1) is 0 Å². The number of nitrogens with zero attached hydrogens (tertiary/aromatic N) is 2. The third kappa shape index (κ3) is 0.945. The largest absolute Gasteiger partial charge is 0.388 e. The predicted octanol–water partition coefficient (Wildman–Crippen LogP) is -1.35. The Morgan fingerprint density at radius 2 is 2.17 bits per heavy atom. The Balaban J connectivity index is 2.39. The number of imidazole rings is 1. The normalized spacial score (nSPS) is 34.8. The van der Waals surface area contributed by atoms with Crippen LogP contribution in [0.15, 0.2) is 12.4 Å². The Morgan fingerprint density at radius 1 is 1.42 bits per heavy atom. The van der Waals surface area contributed by atoms with Gasteiger partial charge in [0.25, 0.3) is 0 Å². The first kappa shape index (κ1) is 7.72. The lowest BCUT2D eigenvalue weighted by atomic mass is 10.0. The fourth-order valence-corrected chi connectivity index (χ4v) is 1.41. The lowest BCUT2D eigenvalue weighted by molar-refractivity contribution is -0.0854. The minimum atomic E-state index is -1.13. The average molecular weight is 170 g/mol. The lowest BCUT2D eigenvalue weighted by Gasteiger charge is -2.28. The summed E-state index contributed by atoms with van der Waals surface area (Å²) in [4.78, 5) is 3.86. The molecule has 0 fully saturated rings. The molecule has 0 aromatic carbocycles. The van der Waals surface area contributed by atoms with Gasteiger partial charge >= 0.3 is 0 Å². The topological polar surface area (TPSA) is 78.5 Å². The van der Waals surface area contributed by atoms with Gasteiger partial charge in [0.2, 0.25) is 0 Å². The predicted molar refractivity (Wildman–Crippen MR) is 39.2 cm³/mol. The maximum atomic E-state index is 9.40. The van der Waals surface area contributed by atoms with Crippen LogP contribution >= 0.6 is 0 Å². The van der Waals surface area contributed by atoms with Crippen LogP contribution in [-0.2, 0) is 6.54 Å². The molecule has 0 radical (unpaired) electrons. The molecule has 0 aliphatic carbocycles. The fourth-order valence-electron chi connectivity index (χ4n) is 1.41. The van der Waals surface area contributed by atoms with Crippen molar-refractivity contribution >= 4 is 0 Å². The fraction of sp³-hybridized carbons (Fsp3) is 0.571. The summed E-state index contributed by atoms with van der Waals surface area (Å²) in [5.41, 5.74) is 0. The summed E-state index contributed by atoms with van der Waals surface area (Å²) < 4.78 is 1.63. The van der Waals surface area contributed by atoms with Gasteiger partial charge in [0, 0.05) is 12.4 Å². The van der Waals surface area contributed by atoms with Crippen molar-refractivity contribution < 1.29 is 15.3 Å². The molecule has 0 saturated heterocycles. The standard InChI is InChI=1S/C7H10N2O3/c10-4-3-9-2-1-8-7(9)6(12)5(4)11/h1-2,4-6,10-12H,3H2. The van der Waals surface area contributed by atoms with Gasteiger partial charge in [-0.1, -0.05) is 0 Å². The second-order valence-corrected chi connectivity index (χ2v) is 2.94. The van der Waals surface area contributed by atoms with E-state index in [2.05, 4.69) is 4.98 Å². The number of aliphatic hydroxyl groups excluding tert-OH is 3. The van der Waals surface area contributed by atoms with Gasteiger partial charge in [0.05, 0.1) is 6.54 Å². The monoisotopic (exact) mass is 170 g/mol. The number of aliphatic hydroxyl groups is 3. The van der Waals surface area contributed by atoms with E-state index >= 15 is 0 Å². The zero-order valence-corrected chi connectivity index (χ0v) is 6.33. The number of hydrogen-bond acceptors (Lipinski definition) is 4. The number of rotatable bonds is 0. The Morgan fingerprint density at radius 3 is 2.92 bits per heavy atom. The van der Waals surface area contributed by atoms with E-state index in [0.717, 1.165) is 0 Å². The van der Waals surface area contributed by atoms with Crippen LogP contribution in [-0.4, -0.2) is 37.1 Å². The number of fused-ring (bicyclic) bond motifs is 1. The van der Waals surface area contributed by atoms with Gasteiger partial charge in [0.1, 0.15) is 24.1 Å². The lowest BCUT2D eigenvalue weighted by Crippen LogP contribution is -2.41. The van der Waals surface area contributed by atoms with E-state index in [9.17, 15) is 15.3 Å². The molecule has 0 spiro atoms. The van der Waals surface area contributed by atoms with Crippen molar-refractivity contribution in [2.45, 2.75) is 24.9 Å². The maximum absolute atomic E-state index is 9.40. The van der Waals surface area contributed by atoms with E-state index in [0.29, 0.717) is 5.82 Å². The summed E-state index contributed by atoms with van der Waals surface area (Å²) in [5, 5.41) is 27.9. The molecule has 3 N–H and O–H groups in total. The van der Waals surface area contributed by atoms with E-state index in [1.165, 1.54) is 6.20 Å². The van der Waals surface area contributed by atoms with Crippen molar-refractivity contribution in [3.8, 4) is 0 Å². The van der Waals surface area contributed by atoms with Gasteiger partial charge in [-0.05, 0) is 0 Å². The summed E-state index contributed by atoms with van der Waals surface area (Å²) >= 11 is 0. The molecule has 2 rings (SSSR count). The molecule has 5 nitrogen and oxygen atoms in total. The maximum Gasteiger partial charge on any atom is 0.140 e. The van der Waals surface area contributed by atoms with Crippen molar-refractivity contribution in [3.63, 3.8) is 0 Å². The van der Waals surface area contributed by atoms with Crippen molar-refractivity contribution in [2.24, 2.45) is 0 Å². The second-order valence-electron chi connectivity index (χ2n) is 2.94. The van der Waals surface area contributed by atoms with E-state index < -0.39 is 18.3 Å². The zero-order chi connectivity index (χ0) is 8.72. The SMILES string of the molecule is OC1Cn2ccnc2C(O)C1O. The van der Waals surface area contributed by atoms with Crippen molar-refractivity contribution in [3.05, 3.63) is 18.2 Å². The van der Waals surface area contributed by atoms with Gasteiger partial charge in [-0.2, -0.15) is 0 Å². The van der Waals surface area contributed by atoms with Crippen LogP contribution in [0.3, 0.4) is 0 Å². The molecule has 5 heteroatoms. The minimum absolute atomic E-state index is 0.285. The van der Waals surface area contributed by atoms with Gasteiger partial charge < -0.3 is 19.9 Å². The molecular formula is C7H10N2O3. The first-order chi connectivity index (χ1) is 5.70. The second kappa shape index (κ2) is 2.55. The smallest absolute Gasteiger partial charge is 0.140 e. The molecule has 0 saturated carbocycles. The molecule has 0 amide bonds. The molecule has 1 aromatic heterocycles. The van der Waals surface area contributed by atoms with Crippen LogP contribution in [0.2, 0.25) is 0 Å². The molecule has 66 valence electrons. The third-order valence-electron chi connectivity index (χ3n) is 2.11. The van der Waals surface area contributed by atoms with E-state index in [-0.39, 0.29) is 6.54 Å². The summed E-state index contributed by atoms with van der Waals surface area (Å²) in [6.45, 7) is 0.285. The van der Waals surface area contributed by atoms with Gasteiger partial charge in [0.15, 0.2) is 0 Å². The first-order valence-corrected chi connectivity index (χ1v) is 3.75. The van der Waals surface area contributed by atoms with E-state index in [1.807, 2.05) is 0 Å². The van der Waals surface area contributed by atoms with E-state index in [4.69, 9.17) is 0 Å². The molecule has 1 aromatic rings. The minimum Gasteiger partial charge on any atom is -0.388 e. The average Bonchev–Trinajstić information content (AvgIpc) is 2.48. The van der Waals surface area contributed by atoms with Crippen LogP contribution in [0.1, 0.15) is 11.9 Å². The summed E-state index contributed by atoms with van der Waals surface area (Å²) in [7, 11) is 0. The molecule has 1 aliphatic heterocycles. The molecule has 3 atom stereocenters. The van der Waals surface area contributed by atoms with Crippen LogP contribution in [0.25, 0.3) is 0 Å². The highest BCUT2D eigenvalue weighted by atomic mass is 16.4. The summed E-state index contributed by atoms with van der Waals surface area (Å²) in [6.07, 6.45) is 0.0714. The van der Waals surface area contributed by atoms with Crippen LogP contribution in [0.5, 0.6) is 0 Å². The van der Waals surface area contributed by atoms with Gasteiger partial charge in [-0.25, -0.2) is 4.98 Å². The Labute approximate surface area is 68.9 Å². The van der Waals surface area contributed by atoms with Crippen molar-refractivity contribution in [1.82, 2.24) is 9.55 Å². The Kier molecular flexibility index (Phi) is 1.64. The Bertz CT molecular complexity index is 286. The quantitative estimate of drug-likeness (QED) is 0.450. The molecule has 3 unspecified atom stereocenters. The van der Waals surface area contributed by atoms with Crippen molar-refractivity contribution in [2.75, 3.05) is 0 Å². The summed E-state index contributed by atoms with van der Waals surface area (Å²) in [6, 6.07) is 0. The molecule has 0 bridgehead atoms. The summed E-state index contributed by atoms with van der Waals surface area (Å²) in [5.74, 6) is 0.410. The first-order valence-electron chi connectivity index (χ1n) is 3.75. The highest BCUT2D eigenvalue weighted by Crippen LogP contribution is 2.23. The van der Waals surface area contributed by atoms with Crippen LogP contribution in [0.4, 0.5) is 0 Å². The molecule has 2 heterocycles. The van der Waals surface area contributed by atoms with Crippen LogP contribution < -0.4 is 0 Å². The van der Waals surface area contributed by atoms with Crippen molar-refractivity contribution in [1.29, 1.82) is 0 Å². The Hall–Kier alpha value is -0.910.